The fourth-order valence-electron chi connectivity index (χ4n) is 4.23. The number of anilines is 1. The third-order valence-corrected chi connectivity index (χ3v) is 6.05. The molecule has 0 radical (unpaired) electrons. The SMILES string of the molecule is Cn1cc(O)n(CC(=O)N2CCN(c3ncnc4[nH]ccc34)CC3(CC3)C2)c1=O. The molecule has 0 atom stereocenters. The van der Waals surface area contributed by atoms with Crippen LogP contribution in [0.15, 0.2) is 29.6 Å². The van der Waals surface area contributed by atoms with Crippen LogP contribution in [0.1, 0.15) is 12.8 Å². The van der Waals surface area contributed by atoms with E-state index in [0.717, 1.165) is 40.8 Å². The van der Waals surface area contributed by atoms with Crippen molar-refractivity contribution in [2.24, 2.45) is 12.5 Å². The van der Waals surface area contributed by atoms with Crippen molar-refractivity contribution in [1.29, 1.82) is 0 Å². The Bertz CT molecular complexity index is 1140. The number of nitrogens with zero attached hydrogens (tertiary/aromatic N) is 6. The Labute approximate surface area is 166 Å². The quantitative estimate of drug-likeness (QED) is 0.657. The lowest BCUT2D eigenvalue weighted by atomic mass is 10.1. The number of aryl methyl sites for hydroxylation is 1. The van der Waals surface area contributed by atoms with Crippen molar-refractivity contribution in [3.05, 3.63) is 35.3 Å². The zero-order valence-electron chi connectivity index (χ0n) is 16.2. The van der Waals surface area contributed by atoms with Crippen molar-refractivity contribution in [3.8, 4) is 5.88 Å². The Hall–Kier alpha value is -3.30. The molecule has 10 heteroatoms. The van der Waals surface area contributed by atoms with Crippen molar-refractivity contribution >= 4 is 22.8 Å². The lowest BCUT2D eigenvalue weighted by Crippen LogP contribution is -2.40. The molecule has 1 aliphatic heterocycles. The van der Waals surface area contributed by atoms with Crippen LogP contribution in [-0.4, -0.2) is 66.2 Å². The number of carbonyl (C=O) groups is 1. The van der Waals surface area contributed by atoms with Crippen molar-refractivity contribution in [3.63, 3.8) is 0 Å². The molecule has 4 heterocycles. The standard InChI is InChI=1S/C19H23N7O3/c1-23-8-15(28)26(18(23)29)9-14(27)24-6-7-25(11-19(10-24)3-4-19)17-13-2-5-20-16(13)21-12-22-17/h2,5,8,12,28H,3-4,6-7,9-11H2,1H3,(H,20,21,22). The van der Waals surface area contributed by atoms with E-state index in [1.165, 1.54) is 10.8 Å². The normalized spacial score (nSPS) is 18.4. The van der Waals surface area contributed by atoms with E-state index in [1.54, 1.807) is 13.4 Å². The van der Waals surface area contributed by atoms with Gasteiger partial charge < -0.3 is 19.9 Å². The molecular weight excluding hydrogens is 374 g/mol. The van der Waals surface area contributed by atoms with Gasteiger partial charge in [-0.25, -0.2) is 14.8 Å². The first kappa shape index (κ1) is 17.8. The Morgan fingerprint density at radius 2 is 2.10 bits per heavy atom. The molecule has 0 bridgehead atoms. The van der Waals surface area contributed by atoms with Crippen molar-refractivity contribution < 1.29 is 9.90 Å². The lowest BCUT2D eigenvalue weighted by molar-refractivity contribution is -0.132. The fourth-order valence-corrected chi connectivity index (χ4v) is 4.23. The Balaban J connectivity index is 1.39. The molecule has 0 aromatic carbocycles. The number of hydrogen-bond acceptors (Lipinski definition) is 6. The van der Waals surface area contributed by atoms with Crippen LogP contribution >= 0.6 is 0 Å². The van der Waals surface area contributed by atoms with E-state index in [0.29, 0.717) is 19.6 Å². The third kappa shape index (κ3) is 3.04. The molecule has 1 saturated carbocycles. The van der Waals surface area contributed by atoms with Crippen LogP contribution < -0.4 is 10.6 Å². The third-order valence-electron chi connectivity index (χ3n) is 6.05. The van der Waals surface area contributed by atoms with Gasteiger partial charge in [0.05, 0.1) is 11.6 Å². The lowest BCUT2D eigenvalue weighted by Gasteiger charge is -2.25. The monoisotopic (exact) mass is 397 g/mol. The van der Waals surface area contributed by atoms with Gasteiger partial charge in [0, 0.05) is 44.8 Å². The molecule has 2 fully saturated rings. The number of H-pyrrole nitrogens is 1. The second kappa shape index (κ2) is 6.36. The first-order chi connectivity index (χ1) is 14.0. The second-order valence-corrected chi connectivity index (χ2v) is 8.14. The van der Waals surface area contributed by atoms with Gasteiger partial charge in [0.15, 0.2) is 0 Å². The largest absolute Gasteiger partial charge is 0.493 e. The highest BCUT2D eigenvalue weighted by molar-refractivity contribution is 5.87. The van der Waals surface area contributed by atoms with Gasteiger partial charge in [-0.15, -0.1) is 0 Å². The minimum Gasteiger partial charge on any atom is -0.493 e. The smallest absolute Gasteiger partial charge is 0.331 e. The number of carbonyl (C=O) groups excluding carboxylic acids is 1. The van der Waals surface area contributed by atoms with E-state index in [9.17, 15) is 14.7 Å². The van der Waals surface area contributed by atoms with Crippen LogP contribution in [0.3, 0.4) is 0 Å². The highest BCUT2D eigenvalue weighted by atomic mass is 16.3. The molecule has 1 amide bonds. The van der Waals surface area contributed by atoms with Gasteiger partial charge >= 0.3 is 5.69 Å². The van der Waals surface area contributed by atoms with Crippen LogP contribution in [0, 0.1) is 5.41 Å². The van der Waals surface area contributed by atoms with Gasteiger partial charge in [0.1, 0.15) is 24.3 Å². The summed E-state index contributed by atoms with van der Waals surface area (Å²) in [7, 11) is 1.55. The number of hydrogen-bond donors (Lipinski definition) is 2. The zero-order chi connectivity index (χ0) is 20.2. The van der Waals surface area contributed by atoms with Crippen molar-refractivity contribution in [1.82, 2.24) is 29.0 Å². The second-order valence-electron chi connectivity index (χ2n) is 8.14. The van der Waals surface area contributed by atoms with E-state index in [4.69, 9.17) is 0 Å². The molecule has 152 valence electrons. The van der Waals surface area contributed by atoms with E-state index >= 15 is 0 Å². The van der Waals surface area contributed by atoms with E-state index in [1.807, 2.05) is 17.2 Å². The van der Waals surface area contributed by atoms with Crippen LogP contribution in [0.4, 0.5) is 5.82 Å². The number of imidazole rings is 1. The van der Waals surface area contributed by atoms with Gasteiger partial charge in [-0.1, -0.05) is 0 Å². The summed E-state index contributed by atoms with van der Waals surface area (Å²) in [6.07, 6.45) is 6.86. The molecule has 1 saturated heterocycles. The number of fused-ring (bicyclic) bond motifs is 1. The van der Waals surface area contributed by atoms with Gasteiger partial charge in [0.2, 0.25) is 11.8 Å². The van der Waals surface area contributed by atoms with Gasteiger partial charge in [-0.2, -0.15) is 0 Å². The highest BCUT2D eigenvalue weighted by Crippen LogP contribution is 2.48. The minimum absolute atomic E-state index is 0.0590. The summed E-state index contributed by atoms with van der Waals surface area (Å²) in [6, 6.07) is 1.97. The Morgan fingerprint density at radius 1 is 1.28 bits per heavy atom. The number of aromatic hydroxyl groups is 1. The topological polar surface area (TPSA) is 112 Å². The number of aromatic amines is 1. The summed E-state index contributed by atoms with van der Waals surface area (Å²) >= 11 is 0. The summed E-state index contributed by atoms with van der Waals surface area (Å²) < 4.78 is 2.38. The van der Waals surface area contributed by atoms with Crippen LogP contribution in [0.5, 0.6) is 5.88 Å². The molecule has 1 spiro atoms. The molecule has 3 aromatic heterocycles. The van der Waals surface area contributed by atoms with Gasteiger partial charge in [0.25, 0.3) is 0 Å². The maximum atomic E-state index is 13.0. The molecule has 2 aliphatic rings. The van der Waals surface area contributed by atoms with E-state index in [-0.39, 0.29) is 23.7 Å². The predicted octanol–water partition coefficient (Wildman–Crippen LogP) is 0.293. The molecular formula is C19H23N7O3. The summed E-state index contributed by atoms with van der Waals surface area (Å²) in [6.45, 7) is 2.53. The predicted molar refractivity (Wildman–Crippen MR) is 106 cm³/mol. The number of nitrogens with one attached hydrogen (secondary N) is 1. The summed E-state index contributed by atoms with van der Waals surface area (Å²) in [5, 5.41) is 10.9. The Kier molecular flexibility index (Phi) is 3.90. The van der Waals surface area contributed by atoms with Crippen LogP contribution in [0.25, 0.3) is 11.0 Å². The number of rotatable bonds is 3. The first-order valence-electron chi connectivity index (χ1n) is 9.72. The fraction of sp³-hybridized carbons (Fsp3) is 0.474. The summed E-state index contributed by atoms with van der Waals surface area (Å²) in [5.41, 5.74) is 0.462. The summed E-state index contributed by atoms with van der Waals surface area (Å²) in [5.74, 6) is 0.532. The average molecular weight is 397 g/mol. The number of amides is 1. The van der Waals surface area contributed by atoms with Crippen molar-refractivity contribution in [2.45, 2.75) is 19.4 Å². The van der Waals surface area contributed by atoms with Crippen LogP contribution in [-0.2, 0) is 18.4 Å². The maximum Gasteiger partial charge on any atom is 0.331 e. The van der Waals surface area contributed by atoms with E-state index < -0.39 is 5.69 Å². The van der Waals surface area contributed by atoms with E-state index in [2.05, 4.69) is 19.9 Å². The molecule has 0 unspecified atom stereocenters. The molecule has 2 N–H and O–H groups in total. The Morgan fingerprint density at radius 3 is 2.83 bits per heavy atom. The summed E-state index contributed by atoms with van der Waals surface area (Å²) in [4.78, 5) is 41.0. The molecule has 5 rings (SSSR count). The first-order valence-corrected chi connectivity index (χ1v) is 9.72. The molecule has 3 aromatic rings. The van der Waals surface area contributed by atoms with Crippen molar-refractivity contribution in [2.75, 3.05) is 31.1 Å². The minimum atomic E-state index is -0.399. The molecule has 29 heavy (non-hydrogen) atoms. The molecule has 1 aliphatic carbocycles. The number of aromatic nitrogens is 5. The zero-order valence-corrected chi connectivity index (χ0v) is 16.2. The average Bonchev–Trinajstić information content (AvgIpc) is 3.27. The highest BCUT2D eigenvalue weighted by Gasteiger charge is 2.48. The maximum absolute atomic E-state index is 13.0. The van der Waals surface area contributed by atoms with Gasteiger partial charge in [-0.3, -0.25) is 13.9 Å². The van der Waals surface area contributed by atoms with Gasteiger partial charge in [-0.05, 0) is 18.9 Å². The molecule has 10 nitrogen and oxygen atoms in total. The van der Waals surface area contributed by atoms with Crippen LogP contribution in [0.2, 0.25) is 0 Å².